The van der Waals surface area contributed by atoms with Gasteiger partial charge in [0, 0.05) is 23.1 Å². The maximum Gasteiger partial charge on any atom is 0.313 e. The number of anilines is 1. The number of aromatic nitrogens is 1. The second-order valence-corrected chi connectivity index (χ2v) is 10.6. The van der Waals surface area contributed by atoms with E-state index in [-0.39, 0.29) is 0 Å². The average molecular weight is 486 g/mol. The highest BCUT2D eigenvalue weighted by atomic mass is 16.4. The number of benzene rings is 2. The minimum Gasteiger partial charge on any atom is -0.481 e. The van der Waals surface area contributed by atoms with Gasteiger partial charge in [0.1, 0.15) is 0 Å². The molecule has 0 saturated carbocycles. The van der Waals surface area contributed by atoms with Crippen LogP contribution in [0.25, 0.3) is 10.9 Å². The van der Waals surface area contributed by atoms with E-state index in [0.29, 0.717) is 6.54 Å². The number of carboxylic acid groups (broad SMARTS) is 1. The first-order valence-corrected chi connectivity index (χ1v) is 13.2. The fourth-order valence-electron chi connectivity index (χ4n) is 5.05. The predicted molar refractivity (Wildman–Crippen MR) is 149 cm³/mol. The van der Waals surface area contributed by atoms with Gasteiger partial charge in [-0.3, -0.25) is 4.79 Å². The van der Waals surface area contributed by atoms with Crippen molar-refractivity contribution in [3.8, 4) is 11.8 Å². The van der Waals surface area contributed by atoms with Crippen LogP contribution in [0.15, 0.2) is 48.5 Å². The molecule has 1 fully saturated rings. The Hall–Kier alpha value is -3.23. The molecule has 0 unspecified atom stereocenters. The normalized spacial score (nSPS) is 15.0. The van der Waals surface area contributed by atoms with Crippen molar-refractivity contribution in [2.24, 2.45) is 5.92 Å². The summed E-state index contributed by atoms with van der Waals surface area (Å²) < 4.78 is 2.28. The van der Waals surface area contributed by atoms with Crippen LogP contribution in [0, 0.1) is 17.8 Å². The maximum absolute atomic E-state index is 11.5. The lowest BCUT2D eigenvalue weighted by Gasteiger charge is -2.28. The zero-order valence-corrected chi connectivity index (χ0v) is 22.1. The summed E-state index contributed by atoms with van der Waals surface area (Å²) >= 11 is 0. The van der Waals surface area contributed by atoms with Crippen LogP contribution in [0.3, 0.4) is 0 Å². The number of aryl methyl sites for hydroxylation is 2. The lowest BCUT2D eigenvalue weighted by Crippen LogP contribution is -2.30. The fraction of sp³-hybridized carbons (Fsp3) is 0.452. The Morgan fingerprint density at radius 3 is 2.50 bits per heavy atom. The first-order chi connectivity index (χ1) is 17.3. The van der Waals surface area contributed by atoms with Crippen LogP contribution in [0.2, 0.25) is 0 Å². The van der Waals surface area contributed by atoms with E-state index >= 15 is 0 Å². The molecule has 1 aliphatic heterocycles. The van der Waals surface area contributed by atoms with Crippen molar-refractivity contribution in [2.75, 3.05) is 32.0 Å². The molecule has 0 bridgehead atoms. The quantitative estimate of drug-likeness (QED) is 0.398. The van der Waals surface area contributed by atoms with E-state index in [4.69, 9.17) is 0 Å². The molecule has 2 heterocycles. The van der Waals surface area contributed by atoms with Crippen LogP contribution in [0.1, 0.15) is 56.9 Å². The number of rotatable bonds is 8. The van der Waals surface area contributed by atoms with Gasteiger partial charge >= 0.3 is 5.97 Å². The smallest absolute Gasteiger partial charge is 0.313 e. The highest BCUT2D eigenvalue weighted by molar-refractivity contribution is 5.83. The van der Waals surface area contributed by atoms with Crippen molar-refractivity contribution in [2.45, 2.75) is 58.4 Å². The molecule has 1 aromatic heterocycles. The third kappa shape index (κ3) is 5.94. The van der Waals surface area contributed by atoms with Crippen molar-refractivity contribution >= 4 is 22.6 Å². The maximum atomic E-state index is 11.5. The second-order valence-electron chi connectivity index (χ2n) is 10.6. The molecule has 190 valence electrons. The van der Waals surface area contributed by atoms with Crippen LogP contribution in [0.4, 0.5) is 5.69 Å². The molecule has 2 aromatic carbocycles. The van der Waals surface area contributed by atoms with Gasteiger partial charge in [0.05, 0.1) is 17.7 Å². The van der Waals surface area contributed by atoms with Crippen LogP contribution in [0.5, 0.6) is 0 Å². The highest BCUT2D eigenvalue weighted by Crippen LogP contribution is 2.26. The summed E-state index contributed by atoms with van der Waals surface area (Å²) in [5, 5.41) is 14.0. The fourth-order valence-corrected chi connectivity index (χ4v) is 5.05. The predicted octanol–water partition coefficient (Wildman–Crippen LogP) is 5.76. The number of nitrogens with one attached hydrogen (secondary N) is 1. The first-order valence-electron chi connectivity index (χ1n) is 13.2. The van der Waals surface area contributed by atoms with E-state index in [0.717, 1.165) is 35.8 Å². The number of hydrogen-bond acceptors (Lipinski definition) is 3. The number of piperidine rings is 1. The summed E-state index contributed by atoms with van der Waals surface area (Å²) in [7, 11) is 2.22. The van der Waals surface area contributed by atoms with Gasteiger partial charge in [0.2, 0.25) is 0 Å². The number of nitrogens with zero attached hydrogens (tertiary/aromatic N) is 2. The molecule has 0 spiro atoms. The molecule has 3 aromatic rings. The lowest BCUT2D eigenvalue weighted by atomic mass is 9.85. The van der Waals surface area contributed by atoms with Crippen LogP contribution >= 0.6 is 0 Å². The van der Waals surface area contributed by atoms with Gasteiger partial charge in [0.25, 0.3) is 0 Å². The van der Waals surface area contributed by atoms with Gasteiger partial charge in [-0.25, -0.2) is 0 Å². The SMILES string of the molecule is CCn1c(C#CCNc2ccc(C(C)(C)C(=O)O)cc2)cc2cc(CCC3CCN(C)CC3)ccc21. The van der Waals surface area contributed by atoms with Crippen LogP contribution < -0.4 is 5.32 Å². The molecule has 1 aliphatic rings. The van der Waals surface area contributed by atoms with E-state index in [9.17, 15) is 9.90 Å². The molecule has 4 rings (SSSR count). The van der Waals surface area contributed by atoms with E-state index in [2.05, 4.69) is 64.9 Å². The van der Waals surface area contributed by atoms with Crippen molar-refractivity contribution in [1.29, 1.82) is 0 Å². The van der Waals surface area contributed by atoms with Crippen LogP contribution in [-0.4, -0.2) is 47.2 Å². The molecule has 0 aliphatic carbocycles. The van der Waals surface area contributed by atoms with Crippen molar-refractivity contribution < 1.29 is 9.90 Å². The average Bonchev–Trinajstić information content (AvgIpc) is 3.23. The Labute approximate surface area is 215 Å². The molecule has 2 N–H and O–H groups in total. The van der Waals surface area contributed by atoms with Gasteiger partial charge in [0.15, 0.2) is 0 Å². The molecular weight excluding hydrogens is 446 g/mol. The number of fused-ring (bicyclic) bond motifs is 1. The second kappa shape index (κ2) is 11.2. The highest BCUT2D eigenvalue weighted by Gasteiger charge is 2.29. The molecule has 0 radical (unpaired) electrons. The lowest BCUT2D eigenvalue weighted by molar-refractivity contribution is -0.142. The summed E-state index contributed by atoms with van der Waals surface area (Å²) in [5.74, 6) is 6.63. The number of carbonyl (C=O) groups is 1. The number of carboxylic acids is 1. The summed E-state index contributed by atoms with van der Waals surface area (Å²) in [6.45, 7) is 9.47. The number of likely N-dealkylation sites (tertiary alicyclic amines) is 1. The Bertz CT molecular complexity index is 1250. The summed E-state index contributed by atoms with van der Waals surface area (Å²) in [4.78, 5) is 13.9. The van der Waals surface area contributed by atoms with Crippen molar-refractivity contribution in [1.82, 2.24) is 9.47 Å². The zero-order valence-electron chi connectivity index (χ0n) is 22.1. The Balaban J connectivity index is 1.38. The topological polar surface area (TPSA) is 57.5 Å². The van der Waals surface area contributed by atoms with Gasteiger partial charge in [-0.15, -0.1) is 0 Å². The van der Waals surface area contributed by atoms with E-state index in [1.807, 2.05) is 24.3 Å². The molecule has 1 saturated heterocycles. The summed E-state index contributed by atoms with van der Waals surface area (Å²) in [6, 6.07) is 16.7. The molecular formula is C31H39N3O2. The monoisotopic (exact) mass is 485 g/mol. The summed E-state index contributed by atoms with van der Waals surface area (Å²) in [6.07, 6.45) is 5.07. The number of aliphatic carboxylic acids is 1. The minimum atomic E-state index is -0.904. The summed E-state index contributed by atoms with van der Waals surface area (Å²) in [5.41, 5.74) is 4.52. The molecule has 0 amide bonds. The van der Waals surface area contributed by atoms with Gasteiger partial charge in [-0.2, -0.15) is 0 Å². The van der Waals surface area contributed by atoms with Crippen molar-refractivity contribution in [3.05, 3.63) is 65.4 Å². The van der Waals surface area contributed by atoms with E-state index < -0.39 is 11.4 Å². The first kappa shape index (κ1) is 25.9. The van der Waals surface area contributed by atoms with Crippen molar-refractivity contribution in [3.63, 3.8) is 0 Å². The largest absolute Gasteiger partial charge is 0.481 e. The van der Waals surface area contributed by atoms with E-state index in [1.54, 1.807) is 13.8 Å². The van der Waals surface area contributed by atoms with Gasteiger partial charge in [-0.1, -0.05) is 24.1 Å². The Kier molecular flexibility index (Phi) is 8.06. The standard InChI is InChI=1S/C31H39N3O2/c1-5-34-28(7-6-18-32-27-13-11-26(12-14-27)31(2,3)30(35)36)22-25-21-24(10-15-29(25)34)9-8-23-16-19-33(4)20-17-23/h10-15,21-23,32H,5,8-9,16-20H2,1-4H3,(H,35,36). The number of hydrogen-bond donors (Lipinski definition) is 2. The molecule has 5 nitrogen and oxygen atoms in total. The molecule has 36 heavy (non-hydrogen) atoms. The Morgan fingerprint density at radius 1 is 1.11 bits per heavy atom. The third-order valence-electron chi connectivity index (χ3n) is 7.70. The molecule has 0 atom stereocenters. The van der Waals surface area contributed by atoms with Crippen LogP contribution in [-0.2, 0) is 23.2 Å². The van der Waals surface area contributed by atoms with Gasteiger partial charge in [-0.05, 0) is 120 Å². The van der Waals surface area contributed by atoms with Gasteiger partial charge < -0.3 is 19.9 Å². The Morgan fingerprint density at radius 2 is 1.83 bits per heavy atom. The minimum absolute atomic E-state index is 0.523. The third-order valence-corrected chi connectivity index (χ3v) is 7.70. The van der Waals surface area contributed by atoms with E-state index in [1.165, 1.54) is 48.8 Å². The molecule has 5 heteroatoms. The zero-order chi connectivity index (χ0) is 25.7.